The molecule has 1 atom stereocenters. The zero-order valence-corrected chi connectivity index (χ0v) is 11.7. The van der Waals surface area contributed by atoms with Crippen LogP contribution in [0.2, 0.25) is 5.02 Å². The molecule has 1 aromatic carbocycles. The highest BCUT2D eigenvalue weighted by atomic mass is 35.5. The summed E-state index contributed by atoms with van der Waals surface area (Å²) in [6.45, 7) is 0. The van der Waals surface area contributed by atoms with Gasteiger partial charge in [-0.15, -0.1) is 11.8 Å². The largest absolute Gasteiger partial charge is 0.399 e. The monoisotopic (exact) mass is 296 g/mol. The molecule has 1 saturated heterocycles. The van der Waals surface area contributed by atoms with Crippen molar-refractivity contribution in [2.75, 3.05) is 5.73 Å². The number of hydrogen-bond donors (Lipinski definition) is 1. The summed E-state index contributed by atoms with van der Waals surface area (Å²) in [4.78, 5) is 26.2. The molecule has 2 fully saturated rings. The number of benzene rings is 1. The fraction of sp³-hybridized carbons (Fsp3) is 0.385. The number of carbonyl (C=O) groups is 2. The molecule has 1 saturated carbocycles. The lowest BCUT2D eigenvalue weighted by molar-refractivity contribution is -0.138. The summed E-state index contributed by atoms with van der Waals surface area (Å²) in [5.41, 5.74) is 6.31. The van der Waals surface area contributed by atoms with Crippen LogP contribution in [0.5, 0.6) is 0 Å². The molecule has 2 N–H and O–H groups in total. The lowest BCUT2D eigenvalue weighted by atomic mass is 10.3. The summed E-state index contributed by atoms with van der Waals surface area (Å²) < 4.78 is 0. The Kier molecular flexibility index (Phi) is 3.19. The van der Waals surface area contributed by atoms with Gasteiger partial charge in [0.2, 0.25) is 11.8 Å². The van der Waals surface area contributed by atoms with Crippen molar-refractivity contribution in [1.82, 2.24) is 4.90 Å². The molecule has 1 aliphatic heterocycles. The minimum atomic E-state index is -0.368. The van der Waals surface area contributed by atoms with Gasteiger partial charge in [-0.1, -0.05) is 11.6 Å². The summed E-state index contributed by atoms with van der Waals surface area (Å²) in [5, 5.41) is 0.191. The maximum atomic E-state index is 12.2. The highest BCUT2D eigenvalue weighted by molar-refractivity contribution is 8.00. The van der Waals surface area contributed by atoms with Gasteiger partial charge < -0.3 is 5.73 Å². The predicted molar refractivity (Wildman–Crippen MR) is 75.0 cm³/mol. The standard InChI is InChI=1S/C13H13ClN2O2S/c14-9-4-1-7(15)5-10(9)19-11-6-12(17)16(13(11)18)8-2-3-8/h1,4-5,8,11H,2-3,6,15H2. The van der Waals surface area contributed by atoms with Crippen molar-refractivity contribution in [3.63, 3.8) is 0 Å². The summed E-state index contributed by atoms with van der Waals surface area (Å²) in [5.74, 6) is -0.152. The number of rotatable bonds is 3. The summed E-state index contributed by atoms with van der Waals surface area (Å²) >= 11 is 7.41. The molecule has 1 aromatic rings. The molecule has 1 unspecified atom stereocenters. The average molecular weight is 297 g/mol. The molecule has 1 aliphatic carbocycles. The van der Waals surface area contributed by atoms with Gasteiger partial charge in [0.1, 0.15) is 0 Å². The van der Waals surface area contributed by atoms with Crippen LogP contribution in [0, 0.1) is 0 Å². The van der Waals surface area contributed by atoms with E-state index in [0.29, 0.717) is 10.7 Å². The topological polar surface area (TPSA) is 63.4 Å². The Morgan fingerprint density at radius 3 is 2.74 bits per heavy atom. The Morgan fingerprint density at radius 1 is 1.32 bits per heavy atom. The number of nitrogens with two attached hydrogens (primary N) is 1. The van der Waals surface area contributed by atoms with Gasteiger partial charge >= 0.3 is 0 Å². The molecule has 4 nitrogen and oxygen atoms in total. The molecule has 3 rings (SSSR count). The van der Waals surface area contributed by atoms with Crippen molar-refractivity contribution in [2.45, 2.75) is 35.4 Å². The highest BCUT2D eigenvalue weighted by Gasteiger charge is 2.46. The normalized spacial score (nSPS) is 23.2. The number of nitrogen functional groups attached to an aromatic ring is 1. The predicted octanol–water partition coefficient (Wildman–Crippen LogP) is 2.30. The third-order valence-electron chi connectivity index (χ3n) is 3.28. The molecule has 0 radical (unpaired) electrons. The summed E-state index contributed by atoms with van der Waals surface area (Å²) in [6.07, 6.45) is 2.13. The molecule has 2 amide bonds. The molecule has 2 aliphatic rings. The van der Waals surface area contributed by atoms with Crippen LogP contribution >= 0.6 is 23.4 Å². The molecule has 1 heterocycles. The fourth-order valence-corrected chi connectivity index (χ4v) is 3.58. The smallest absolute Gasteiger partial charge is 0.243 e. The molecule has 19 heavy (non-hydrogen) atoms. The average Bonchev–Trinajstić information content (AvgIpc) is 3.13. The van der Waals surface area contributed by atoms with Crippen LogP contribution in [0.25, 0.3) is 0 Å². The van der Waals surface area contributed by atoms with Gasteiger partial charge in [-0.05, 0) is 31.0 Å². The van der Waals surface area contributed by atoms with Crippen molar-refractivity contribution in [3.8, 4) is 0 Å². The zero-order valence-electron chi connectivity index (χ0n) is 10.1. The van der Waals surface area contributed by atoms with E-state index >= 15 is 0 Å². The Labute approximate surface area is 120 Å². The molecular weight excluding hydrogens is 284 g/mol. The maximum absolute atomic E-state index is 12.2. The van der Waals surface area contributed by atoms with E-state index < -0.39 is 0 Å². The summed E-state index contributed by atoms with van der Waals surface area (Å²) in [7, 11) is 0. The van der Waals surface area contributed by atoms with E-state index in [-0.39, 0.29) is 29.5 Å². The fourth-order valence-electron chi connectivity index (χ4n) is 2.19. The Balaban J connectivity index is 1.78. The van der Waals surface area contributed by atoms with Crippen LogP contribution in [-0.2, 0) is 9.59 Å². The second kappa shape index (κ2) is 4.72. The number of imide groups is 1. The van der Waals surface area contributed by atoms with Crippen LogP contribution in [0.4, 0.5) is 5.69 Å². The van der Waals surface area contributed by atoms with Gasteiger partial charge in [0.25, 0.3) is 0 Å². The van der Waals surface area contributed by atoms with Gasteiger partial charge in [-0.3, -0.25) is 14.5 Å². The number of halogens is 1. The van der Waals surface area contributed by atoms with Crippen LogP contribution in [0.3, 0.4) is 0 Å². The molecular formula is C13H13ClN2O2S. The van der Waals surface area contributed by atoms with E-state index in [0.717, 1.165) is 17.7 Å². The van der Waals surface area contributed by atoms with E-state index in [1.54, 1.807) is 18.2 Å². The molecule has 0 spiro atoms. The first-order chi connectivity index (χ1) is 9.06. The highest BCUT2D eigenvalue weighted by Crippen LogP contribution is 2.39. The first-order valence-corrected chi connectivity index (χ1v) is 7.39. The number of nitrogens with zero attached hydrogens (tertiary/aromatic N) is 1. The van der Waals surface area contributed by atoms with Crippen LogP contribution in [0.15, 0.2) is 23.1 Å². The van der Waals surface area contributed by atoms with Crippen LogP contribution < -0.4 is 5.73 Å². The summed E-state index contributed by atoms with van der Waals surface area (Å²) in [6, 6.07) is 5.30. The van der Waals surface area contributed by atoms with E-state index in [9.17, 15) is 9.59 Å². The number of anilines is 1. The number of likely N-dealkylation sites (tertiary alicyclic amines) is 1. The lowest BCUT2D eigenvalue weighted by Gasteiger charge is -2.13. The Bertz CT molecular complexity index is 560. The first-order valence-electron chi connectivity index (χ1n) is 6.14. The maximum Gasteiger partial charge on any atom is 0.243 e. The quantitative estimate of drug-likeness (QED) is 0.687. The molecule has 0 bridgehead atoms. The van der Waals surface area contributed by atoms with Gasteiger partial charge in [0.15, 0.2) is 0 Å². The van der Waals surface area contributed by atoms with E-state index in [1.165, 1.54) is 16.7 Å². The van der Waals surface area contributed by atoms with E-state index in [4.69, 9.17) is 17.3 Å². The van der Waals surface area contributed by atoms with Gasteiger partial charge in [-0.25, -0.2) is 0 Å². The SMILES string of the molecule is Nc1ccc(Cl)c(SC2CC(=O)N(C3CC3)C2=O)c1. The van der Waals surface area contributed by atoms with E-state index in [1.807, 2.05) is 0 Å². The Morgan fingerprint density at radius 2 is 2.05 bits per heavy atom. The molecule has 100 valence electrons. The van der Waals surface area contributed by atoms with Crippen molar-refractivity contribution >= 4 is 40.9 Å². The lowest BCUT2D eigenvalue weighted by Crippen LogP contribution is -2.33. The van der Waals surface area contributed by atoms with Gasteiger partial charge in [0.05, 0.1) is 10.3 Å². The third kappa shape index (κ3) is 2.44. The first kappa shape index (κ1) is 12.8. The van der Waals surface area contributed by atoms with Crippen molar-refractivity contribution in [3.05, 3.63) is 23.2 Å². The van der Waals surface area contributed by atoms with Crippen molar-refractivity contribution in [1.29, 1.82) is 0 Å². The zero-order chi connectivity index (χ0) is 13.6. The number of amides is 2. The second-order valence-electron chi connectivity index (χ2n) is 4.83. The number of carbonyl (C=O) groups excluding carboxylic acids is 2. The number of thioether (sulfide) groups is 1. The van der Waals surface area contributed by atoms with Crippen molar-refractivity contribution in [2.24, 2.45) is 0 Å². The Hall–Kier alpha value is -1.20. The molecule has 0 aromatic heterocycles. The van der Waals surface area contributed by atoms with Gasteiger partial charge in [0, 0.05) is 23.0 Å². The minimum Gasteiger partial charge on any atom is -0.399 e. The van der Waals surface area contributed by atoms with Crippen molar-refractivity contribution < 1.29 is 9.59 Å². The van der Waals surface area contributed by atoms with E-state index in [2.05, 4.69) is 0 Å². The van der Waals surface area contributed by atoms with Crippen LogP contribution in [0.1, 0.15) is 19.3 Å². The van der Waals surface area contributed by atoms with Gasteiger partial charge in [-0.2, -0.15) is 0 Å². The second-order valence-corrected chi connectivity index (χ2v) is 6.49. The molecule has 6 heteroatoms. The third-order valence-corrected chi connectivity index (χ3v) is 4.96. The number of hydrogen-bond acceptors (Lipinski definition) is 4. The van der Waals surface area contributed by atoms with Crippen LogP contribution in [-0.4, -0.2) is 28.0 Å². The minimum absolute atomic E-state index is 0.0648.